The Morgan fingerprint density at radius 2 is 1.92 bits per heavy atom. The number of nitrogens with one attached hydrogen (secondary N) is 2. The molecule has 0 bridgehead atoms. The van der Waals surface area contributed by atoms with Crippen LogP contribution in [-0.2, 0) is 9.59 Å². The lowest BCUT2D eigenvalue weighted by atomic mass is 10.4. The van der Waals surface area contributed by atoms with Crippen LogP contribution in [0.1, 0.15) is 13.3 Å². The highest BCUT2D eigenvalue weighted by Crippen LogP contribution is 1.90. The average Bonchev–Trinajstić information content (AvgIpc) is 2.04. The van der Waals surface area contributed by atoms with Gasteiger partial charge in [0.25, 0.3) is 5.91 Å². The highest BCUT2D eigenvalue weighted by molar-refractivity contribution is 5.80. The largest absolute Gasteiger partial charge is 0.356 e. The van der Waals surface area contributed by atoms with Crippen molar-refractivity contribution in [3.8, 4) is 0 Å². The number of halogens is 2. The average molecular weight is 194 g/mol. The van der Waals surface area contributed by atoms with Crippen molar-refractivity contribution in [1.82, 2.24) is 10.6 Å². The van der Waals surface area contributed by atoms with Crippen molar-refractivity contribution in [1.29, 1.82) is 0 Å². The van der Waals surface area contributed by atoms with Crippen molar-refractivity contribution in [3.63, 3.8) is 0 Å². The maximum Gasteiger partial charge on any atom is 0.315 e. The third-order valence-corrected chi connectivity index (χ3v) is 1.22. The Bertz CT molecular complexity index is 185. The van der Waals surface area contributed by atoms with Crippen LogP contribution >= 0.6 is 0 Å². The lowest BCUT2D eigenvalue weighted by Crippen LogP contribution is -2.33. The van der Waals surface area contributed by atoms with Gasteiger partial charge in [-0.25, -0.2) is 0 Å². The minimum Gasteiger partial charge on any atom is -0.356 e. The van der Waals surface area contributed by atoms with Crippen molar-refractivity contribution in [3.05, 3.63) is 0 Å². The van der Waals surface area contributed by atoms with E-state index in [-0.39, 0.29) is 18.9 Å². The van der Waals surface area contributed by atoms with Gasteiger partial charge in [0.05, 0.1) is 0 Å². The van der Waals surface area contributed by atoms with Crippen LogP contribution < -0.4 is 10.6 Å². The fraction of sp³-hybridized carbons (Fsp3) is 0.714. The van der Waals surface area contributed by atoms with Crippen LogP contribution in [0.2, 0.25) is 0 Å². The molecule has 2 amide bonds. The summed E-state index contributed by atoms with van der Waals surface area (Å²) in [6, 6.07) is 0. The number of hydrogen-bond donors (Lipinski definition) is 2. The number of rotatable bonds is 5. The third kappa shape index (κ3) is 6.01. The monoisotopic (exact) mass is 194 g/mol. The Labute approximate surface area is 74.7 Å². The third-order valence-electron chi connectivity index (χ3n) is 1.22. The van der Waals surface area contributed by atoms with Gasteiger partial charge < -0.3 is 10.6 Å². The number of carbonyl (C=O) groups excluding carboxylic acids is 2. The molecule has 0 atom stereocenters. The van der Waals surface area contributed by atoms with E-state index in [1.807, 2.05) is 5.32 Å². The molecule has 0 fully saturated rings. The SMILES string of the molecule is CCNC(=O)CCNC(=O)C(F)F. The van der Waals surface area contributed by atoms with Crippen molar-refractivity contribution < 1.29 is 18.4 Å². The summed E-state index contributed by atoms with van der Waals surface area (Å²) in [7, 11) is 0. The van der Waals surface area contributed by atoms with E-state index in [1.165, 1.54) is 0 Å². The first-order valence-electron chi connectivity index (χ1n) is 3.90. The fourth-order valence-electron chi connectivity index (χ4n) is 0.662. The second-order valence-corrected chi connectivity index (χ2v) is 2.30. The first-order valence-corrected chi connectivity index (χ1v) is 3.90. The Kier molecular flexibility index (Phi) is 5.75. The molecule has 4 nitrogen and oxygen atoms in total. The molecule has 0 rings (SSSR count). The first kappa shape index (κ1) is 11.8. The minimum atomic E-state index is -3.02. The van der Waals surface area contributed by atoms with Gasteiger partial charge in [0.1, 0.15) is 0 Å². The summed E-state index contributed by atoms with van der Waals surface area (Å²) in [5.74, 6) is -1.61. The van der Waals surface area contributed by atoms with Crippen LogP contribution in [0.5, 0.6) is 0 Å². The molecule has 0 aromatic rings. The topological polar surface area (TPSA) is 58.2 Å². The van der Waals surface area contributed by atoms with Gasteiger partial charge in [-0.3, -0.25) is 9.59 Å². The predicted octanol–water partition coefficient (Wildman–Crippen LogP) is -0.106. The summed E-state index contributed by atoms with van der Waals surface area (Å²) in [4.78, 5) is 21.0. The molecule has 0 spiro atoms. The van der Waals surface area contributed by atoms with Crippen molar-refractivity contribution >= 4 is 11.8 Å². The Hall–Kier alpha value is -1.20. The number of alkyl halides is 2. The van der Waals surface area contributed by atoms with Crippen molar-refractivity contribution in [2.24, 2.45) is 0 Å². The second-order valence-electron chi connectivity index (χ2n) is 2.30. The van der Waals surface area contributed by atoms with E-state index < -0.39 is 12.3 Å². The van der Waals surface area contributed by atoms with Gasteiger partial charge in [-0.05, 0) is 6.92 Å². The first-order chi connectivity index (χ1) is 6.07. The summed E-state index contributed by atoms with van der Waals surface area (Å²) in [6.45, 7) is 2.17. The van der Waals surface area contributed by atoms with Gasteiger partial charge in [-0.2, -0.15) is 8.78 Å². The minimum absolute atomic E-state index is 0.0201. The molecule has 76 valence electrons. The molecule has 0 aliphatic carbocycles. The van der Waals surface area contributed by atoms with Crippen LogP contribution in [-0.4, -0.2) is 31.3 Å². The van der Waals surface area contributed by atoms with Crippen LogP contribution in [0.3, 0.4) is 0 Å². The van der Waals surface area contributed by atoms with E-state index in [0.717, 1.165) is 0 Å². The van der Waals surface area contributed by atoms with E-state index in [0.29, 0.717) is 6.54 Å². The Morgan fingerprint density at radius 3 is 2.38 bits per heavy atom. The van der Waals surface area contributed by atoms with E-state index in [1.54, 1.807) is 6.92 Å². The molecule has 0 unspecified atom stereocenters. The molecule has 13 heavy (non-hydrogen) atoms. The molecule has 0 aromatic carbocycles. The maximum atomic E-state index is 11.6. The number of amides is 2. The molecule has 0 aliphatic heterocycles. The molecule has 2 N–H and O–H groups in total. The molecule has 0 radical (unpaired) electrons. The predicted molar refractivity (Wildman–Crippen MR) is 42.3 cm³/mol. The zero-order chi connectivity index (χ0) is 10.3. The molecular formula is C7H12F2N2O2. The Balaban J connectivity index is 3.45. The summed E-state index contributed by atoms with van der Waals surface area (Å²) in [5, 5.41) is 4.39. The van der Waals surface area contributed by atoms with E-state index >= 15 is 0 Å². The zero-order valence-corrected chi connectivity index (χ0v) is 7.27. The normalized spacial score (nSPS) is 9.85. The van der Waals surface area contributed by atoms with E-state index in [4.69, 9.17) is 0 Å². The number of hydrogen-bond acceptors (Lipinski definition) is 2. The highest BCUT2D eigenvalue weighted by Gasteiger charge is 2.13. The van der Waals surface area contributed by atoms with Crippen LogP contribution in [0, 0.1) is 0 Å². The van der Waals surface area contributed by atoms with Crippen LogP contribution in [0.4, 0.5) is 8.78 Å². The lowest BCUT2D eigenvalue weighted by molar-refractivity contribution is -0.131. The van der Waals surface area contributed by atoms with Gasteiger partial charge in [-0.15, -0.1) is 0 Å². The molecular weight excluding hydrogens is 182 g/mol. The summed E-state index contributed by atoms with van der Waals surface area (Å²) in [5.41, 5.74) is 0. The van der Waals surface area contributed by atoms with E-state index in [9.17, 15) is 18.4 Å². The summed E-state index contributed by atoms with van der Waals surface area (Å²) < 4.78 is 23.2. The molecule has 0 aromatic heterocycles. The van der Waals surface area contributed by atoms with Gasteiger partial charge in [0.2, 0.25) is 5.91 Å². The lowest BCUT2D eigenvalue weighted by Gasteiger charge is -2.03. The molecule has 0 saturated heterocycles. The van der Waals surface area contributed by atoms with Gasteiger partial charge in [0.15, 0.2) is 0 Å². The summed E-state index contributed by atoms with van der Waals surface area (Å²) in [6.07, 6.45) is -3.00. The quantitative estimate of drug-likeness (QED) is 0.641. The standard InChI is InChI=1S/C7H12F2N2O2/c1-2-10-5(12)3-4-11-7(13)6(8)9/h6H,2-4H2,1H3,(H,10,12)(H,11,13). The van der Waals surface area contributed by atoms with Crippen molar-refractivity contribution in [2.75, 3.05) is 13.1 Å². The molecule has 6 heteroatoms. The number of carbonyl (C=O) groups is 2. The van der Waals surface area contributed by atoms with Gasteiger partial charge in [-0.1, -0.05) is 0 Å². The van der Waals surface area contributed by atoms with Crippen molar-refractivity contribution in [2.45, 2.75) is 19.8 Å². The molecule has 0 saturated carbocycles. The smallest absolute Gasteiger partial charge is 0.315 e. The highest BCUT2D eigenvalue weighted by atomic mass is 19.3. The van der Waals surface area contributed by atoms with E-state index in [2.05, 4.69) is 5.32 Å². The zero-order valence-electron chi connectivity index (χ0n) is 7.27. The second kappa shape index (κ2) is 6.33. The molecule has 0 heterocycles. The van der Waals surface area contributed by atoms with Gasteiger partial charge >= 0.3 is 6.43 Å². The Morgan fingerprint density at radius 1 is 1.31 bits per heavy atom. The van der Waals surface area contributed by atoms with Crippen LogP contribution in [0.15, 0.2) is 0 Å². The van der Waals surface area contributed by atoms with Crippen LogP contribution in [0.25, 0.3) is 0 Å². The molecule has 0 aliphatic rings. The van der Waals surface area contributed by atoms with Gasteiger partial charge in [0, 0.05) is 19.5 Å². The maximum absolute atomic E-state index is 11.6. The summed E-state index contributed by atoms with van der Waals surface area (Å²) >= 11 is 0. The fourth-order valence-corrected chi connectivity index (χ4v) is 0.662.